The van der Waals surface area contributed by atoms with Gasteiger partial charge in [0.15, 0.2) is 6.61 Å². The fourth-order valence-corrected chi connectivity index (χ4v) is 5.58. The summed E-state index contributed by atoms with van der Waals surface area (Å²) >= 11 is 0. The first-order valence-electron chi connectivity index (χ1n) is 11.1. The van der Waals surface area contributed by atoms with Crippen LogP contribution in [0.25, 0.3) is 0 Å². The molecule has 1 N–H and O–H groups in total. The van der Waals surface area contributed by atoms with Crippen LogP contribution in [0.4, 0.5) is 11.4 Å². The maximum Gasteiger partial charge on any atom is 0.338 e. The van der Waals surface area contributed by atoms with Crippen LogP contribution in [0.3, 0.4) is 0 Å². The zero-order valence-electron chi connectivity index (χ0n) is 18.2. The van der Waals surface area contributed by atoms with Gasteiger partial charge in [0.2, 0.25) is 11.8 Å². The van der Waals surface area contributed by atoms with Crippen molar-refractivity contribution in [1.82, 2.24) is 0 Å². The Morgan fingerprint density at radius 3 is 2.39 bits per heavy atom. The molecular weight excluding hydrogens is 424 g/mol. The molecule has 2 bridgehead atoms. The van der Waals surface area contributed by atoms with E-state index in [4.69, 9.17) is 9.47 Å². The lowest BCUT2D eigenvalue weighted by molar-refractivity contribution is -0.123. The van der Waals surface area contributed by atoms with E-state index in [0.29, 0.717) is 17.1 Å². The fraction of sp³-hybridized carbons (Fsp3) is 0.360. The first-order chi connectivity index (χ1) is 16.0. The molecule has 1 saturated heterocycles. The van der Waals surface area contributed by atoms with Crippen molar-refractivity contribution in [2.24, 2.45) is 23.7 Å². The number of hydrogen-bond acceptors (Lipinski definition) is 6. The maximum atomic E-state index is 13.0. The lowest BCUT2D eigenvalue weighted by Gasteiger charge is -2.19. The van der Waals surface area contributed by atoms with Crippen molar-refractivity contribution in [3.63, 3.8) is 0 Å². The van der Waals surface area contributed by atoms with Gasteiger partial charge in [0.1, 0.15) is 5.75 Å². The van der Waals surface area contributed by atoms with Gasteiger partial charge in [0, 0.05) is 0 Å². The van der Waals surface area contributed by atoms with Crippen molar-refractivity contribution in [2.45, 2.75) is 19.3 Å². The Balaban J connectivity index is 1.25. The Bertz CT molecular complexity index is 1120. The number of anilines is 2. The minimum Gasteiger partial charge on any atom is -0.495 e. The summed E-state index contributed by atoms with van der Waals surface area (Å²) in [4.78, 5) is 52.1. The van der Waals surface area contributed by atoms with Crippen molar-refractivity contribution in [3.05, 3.63) is 54.1 Å². The van der Waals surface area contributed by atoms with Crippen LogP contribution in [0.5, 0.6) is 5.75 Å². The van der Waals surface area contributed by atoms with Crippen molar-refractivity contribution < 1.29 is 28.7 Å². The third-order valence-corrected chi connectivity index (χ3v) is 6.98. The molecule has 3 fully saturated rings. The smallest absolute Gasteiger partial charge is 0.338 e. The van der Waals surface area contributed by atoms with Crippen LogP contribution in [0.1, 0.15) is 29.6 Å². The molecular formula is C25H24N2O6. The molecule has 2 aromatic carbocycles. The standard InChI is InChI=1S/C25H24N2O6/c1-32-19-8-3-2-7-18(19)26-20(28)13-33-25(31)16-5-4-6-17(12-16)27-23(29)21-14-9-10-15(11-14)22(21)24(27)30/h2-8,12,14-15,21-22H,9-11,13H2,1H3,(H,26,28)/t14-,15-,21-,22-/m0/s1. The lowest BCUT2D eigenvalue weighted by Crippen LogP contribution is -2.32. The number of benzene rings is 2. The molecule has 0 spiro atoms. The number of ether oxygens (including phenoxy) is 2. The quantitative estimate of drug-likeness (QED) is 0.538. The van der Waals surface area contributed by atoms with E-state index in [1.165, 1.54) is 24.1 Å². The van der Waals surface area contributed by atoms with Crippen LogP contribution in [-0.4, -0.2) is 37.4 Å². The first-order valence-corrected chi connectivity index (χ1v) is 11.1. The Kier molecular flexibility index (Phi) is 5.36. The van der Waals surface area contributed by atoms with Crippen LogP contribution in [-0.2, 0) is 19.1 Å². The third-order valence-electron chi connectivity index (χ3n) is 6.98. The molecule has 2 aliphatic carbocycles. The second kappa shape index (κ2) is 8.35. The molecule has 1 heterocycles. The number of para-hydroxylation sites is 2. The second-order valence-corrected chi connectivity index (χ2v) is 8.77. The average Bonchev–Trinajstić information content (AvgIpc) is 3.51. The van der Waals surface area contributed by atoms with Gasteiger partial charge in [0.05, 0.1) is 35.9 Å². The van der Waals surface area contributed by atoms with Crippen molar-refractivity contribution in [1.29, 1.82) is 0 Å². The van der Waals surface area contributed by atoms with Crippen LogP contribution < -0.4 is 15.0 Å². The summed E-state index contributed by atoms with van der Waals surface area (Å²) in [5.41, 5.74) is 0.999. The molecule has 0 radical (unpaired) electrons. The van der Waals surface area contributed by atoms with E-state index in [0.717, 1.165) is 19.3 Å². The number of esters is 1. The van der Waals surface area contributed by atoms with Gasteiger partial charge < -0.3 is 14.8 Å². The molecule has 8 nitrogen and oxygen atoms in total. The molecule has 5 rings (SSSR count). The minimum atomic E-state index is -0.716. The molecule has 3 aliphatic rings. The minimum absolute atomic E-state index is 0.165. The van der Waals surface area contributed by atoms with Gasteiger partial charge in [-0.3, -0.25) is 19.3 Å². The Hall–Kier alpha value is -3.68. The van der Waals surface area contributed by atoms with E-state index in [1.54, 1.807) is 36.4 Å². The summed E-state index contributed by atoms with van der Waals surface area (Å²) in [6, 6.07) is 13.1. The monoisotopic (exact) mass is 448 g/mol. The number of methoxy groups -OCH3 is 1. The number of rotatable bonds is 6. The third kappa shape index (κ3) is 3.65. The van der Waals surface area contributed by atoms with Crippen molar-refractivity contribution in [2.75, 3.05) is 23.9 Å². The van der Waals surface area contributed by atoms with E-state index in [9.17, 15) is 19.2 Å². The fourth-order valence-electron chi connectivity index (χ4n) is 5.58. The van der Waals surface area contributed by atoms with E-state index < -0.39 is 18.5 Å². The average molecular weight is 448 g/mol. The number of hydrogen-bond donors (Lipinski definition) is 1. The van der Waals surface area contributed by atoms with Crippen molar-refractivity contribution >= 4 is 35.1 Å². The Morgan fingerprint density at radius 2 is 1.70 bits per heavy atom. The van der Waals surface area contributed by atoms with Crippen LogP contribution in [0.2, 0.25) is 0 Å². The van der Waals surface area contributed by atoms with Gasteiger partial charge in [-0.05, 0) is 61.4 Å². The van der Waals surface area contributed by atoms with Crippen LogP contribution in [0.15, 0.2) is 48.5 Å². The molecule has 170 valence electrons. The highest BCUT2D eigenvalue weighted by Gasteiger charge is 2.61. The van der Waals surface area contributed by atoms with Gasteiger partial charge in [-0.25, -0.2) is 4.79 Å². The number of nitrogens with one attached hydrogen (secondary N) is 1. The number of carbonyl (C=O) groups excluding carboxylic acids is 4. The second-order valence-electron chi connectivity index (χ2n) is 8.77. The molecule has 33 heavy (non-hydrogen) atoms. The Labute approximate surface area is 190 Å². The van der Waals surface area contributed by atoms with Crippen molar-refractivity contribution in [3.8, 4) is 5.75 Å². The number of carbonyl (C=O) groups is 4. The molecule has 2 aromatic rings. The van der Waals surface area contributed by atoms with Gasteiger partial charge in [-0.15, -0.1) is 0 Å². The van der Waals surface area contributed by atoms with E-state index in [-0.39, 0.29) is 41.0 Å². The highest BCUT2D eigenvalue weighted by molar-refractivity contribution is 6.22. The summed E-state index contributed by atoms with van der Waals surface area (Å²) in [6.45, 7) is -0.490. The molecule has 2 saturated carbocycles. The number of fused-ring (bicyclic) bond motifs is 5. The molecule has 0 unspecified atom stereocenters. The van der Waals surface area contributed by atoms with E-state index in [1.807, 2.05) is 0 Å². The SMILES string of the molecule is COc1ccccc1NC(=O)COC(=O)c1cccc(N2C(=O)[C@H]3[C@H]4CC[C@@H](C4)[C@@H]3C2=O)c1. The zero-order valence-corrected chi connectivity index (χ0v) is 18.2. The summed E-state index contributed by atoms with van der Waals surface area (Å²) < 4.78 is 10.3. The van der Waals surface area contributed by atoms with E-state index in [2.05, 4.69) is 5.32 Å². The number of amides is 3. The number of nitrogens with zero attached hydrogens (tertiary/aromatic N) is 1. The largest absolute Gasteiger partial charge is 0.495 e. The van der Waals surface area contributed by atoms with E-state index >= 15 is 0 Å². The van der Waals surface area contributed by atoms with Crippen LogP contribution in [0, 0.1) is 23.7 Å². The summed E-state index contributed by atoms with van der Waals surface area (Å²) in [6.07, 6.45) is 2.97. The summed E-state index contributed by atoms with van der Waals surface area (Å²) in [5, 5.41) is 2.63. The topological polar surface area (TPSA) is 102 Å². The van der Waals surface area contributed by atoms with Gasteiger partial charge in [-0.2, -0.15) is 0 Å². The molecule has 4 atom stereocenters. The van der Waals surface area contributed by atoms with Gasteiger partial charge in [-0.1, -0.05) is 18.2 Å². The normalized spacial score (nSPS) is 25.2. The lowest BCUT2D eigenvalue weighted by atomic mass is 9.81. The molecule has 1 aliphatic heterocycles. The van der Waals surface area contributed by atoms with Crippen LogP contribution >= 0.6 is 0 Å². The zero-order chi connectivity index (χ0) is 23.1. The molecule has 0 aromatic heterocycles. The highest BCUT2D eigenvalue weighted by atomic mass is 16.5. The maximum absolute atomic E-state index is 13.0. The highest BCUT2D eigenvalue weighted by Crippen LogP contribution is 2.56. The van der Waals surface area contributed by atoms with Gasteiger partial charge >= 0.3 is 5.97 Å². The Morgan fingerprint density at radius 1 is 1.00 bits per heavy atom. The summed E-state index contributed by atoms with van der Waals surface area (Å²) in [7, 11) is 1.49. The number of imide groups is 1. The first kappa shape index (κ1) is 21.2. The summed E-state index contributed by atoms with van der Waals surface area (Å²) in [5.74, 6) is -0.965. The molecule has 3 amide bonds. The predicted octanol–water partition coefficient (Wildman–Crippen LogP) is 3.03. The predicted molar refractivity (Wildman–Crippen MR) is 119 cm³/mol. The molecule has 8 heteroatoms. The van der Waals surface area contributed by atoms with Gasteiger partial charge in [0.25, 0.3) is 5.91 Å².